The van der Waals surface area contributed by atoms with Crippen LogP contribution in [0.25, 0.3) is 0 Å². The van der Waals surface area contributed by atoms with Gasteiger partial charge in [0.15, 0.2) is 0 Å². The predicted octanol–water partition coefficient (Wildman–Crippen LogP) is 3.14. The topological polar surface area (TPSA) is 55.1 Å². The summed E-state index contributed by atoms with van der Waals surface area (Å²) in [4.78, 5) is 11.6. The molecule has 4 heteroatoms. The first-order chi connectivity index (χ1) is 8.22. The van der Waals surface area contributed by atoms with Gasteiger partial charge in [0.05, 0.1) is 0 Å². The van der Waals surface area contributed by atoms with Crippen LogP contribution >= 0.6 is 22.6 Å². The van der Waals surface area contributed by atoms with Crippen LogP contribution in [0, 0.1) is 3.57 Å². The van der Waals surface area contributed by atoms with Crippen LogP contribution in [0.5, 0.6) is 0 Å². The van der Waals surface area contributed by atoms with Crippen molar-refractivity contribution in [3.8, 4) is 0 Å². The molecule has 1 aromatic carbocycles. The zero-order chi connectivity index (χ0) is 12.5. The number of nitrogens with one attached hydrogen (secondary N) is 1. The Balaban J connectivity index is 2.18. The van der Waals surface area contributed by atoms with Crippen molar-refractivity contribution in [1.29, 1.82) is 0 Å². The lowest BCUT2D eigenvalue weighted by Gasteiger charge is -2.05. The highest BCUT2D eigenvalue weighted by atomic mass is 127. The van der Waals surface area contributed by atoms with Gasteiger partial charge in [0.1, 0.15) is 0 Å². The fraction of sp³-hybridized carbons (Fsp3) is 0.462. The molecular weight excluding hydrogens is 327 g/mol. The number of carbonyl (C=O) groups is 1. The number of carbonyl (C=O) groups excluding carboxylic acids is 1. The molecule has 0 fully saturated rings. The third-order valence-electron chi connectivity index (χ3n) is 2.49. The average Bonchev–Trinajstić information content (AvgIpc) is 2.32. The minimum absolute atomic E-state index is 0.0963. The summed E-state index contributed by atoms with van der Waals surface area (Å²) in [5.41, 5.74) is 6.28. The van der Waals surface area contributed by atoms with E-state index in [0.717, 1.165) is 37.9 Å². The Bertz CT molecular complexity index is 338. The number of benzene rings is 1. The van der Waals surface area contributed by atoms with Crippen LogP contribution in [0.15, 0.2) is 24.3 Å². The summed E-state index contributed by atoms with van der Waals surface area (Å²) in [7, 11) is 0. The quantitative estimate of drug-likeness (QED) is 0.589. The van der Waals surface area contributed by atoms with Gasteiger partial charge in [-0.05, 0) is 66.2 Å². The lowest BCUT2D eigenvalue weighted by molar-refractivity contribution is -0.116. The number of nitrogens with two attached hydrogens (primary N) is 1. The summed E-state index contributed by atoms with van der Waals surface area (Å²) in [6.07, 6.45) is 4.79. The first-order valence-corrected chi connectivity index (χ1v) is 7.06. The zero-order valence-corrected chi connectivity index (χ0v) is 12.1. The number of halogens is 1. The minimum atomic E-state index is 0.0963. The molecule has 0 bridgehead atoms. The molecule has 1 aromatic rings. The fourth-order valence-electron chi connectivity index (χ4n) is 1.54. The third kappa shape index (κ3) is 6.63. The highest BCUT2D eigenvalue weighted by Crippen LogP contribution is 2.12. The van der Waals surface area contributed by atoms with Crippen molar-refractivity contribution in [3.05, 3.63) is 27.8 Å². The largest absolute Gasteiger partial charge is 0.330 e. The van der Waals surface area contributed by atoms with Gasteiger partial charge in [-0.1, -0.05) is 12.8 Å². The Morgan fingerprint density at radius 1 is 1.12 bits per heavy atom. The van der Waals surface area contributed by atoms with Crippen molar-refractivity contribution in [1.82, 2.24) is 0 Å². The van der Waals surface area contributed by atoms with Crippen LogP contribution in [-0.2, 0) is 4.79 Å². The molecule has 1 amide bonds. The Morgan fingerprint density at radius 2 is 1.76 bits per heavy atom. The van der Waals surface area contributed by atoms with Crippen LogP contribution in [-0.4, -0.2) is 12.5 Å². The summed E-state index contributed by atoms with van der Waals surface area (Å²) < 4.78 is 1.17. The summed E-state index contributed by atoms with van der Waals surface area (Å²) >= 11 is 2.24. The van der Waals surface area contributed by atoms with Crippen molar-refractivity contribution in [2.24, 2.45) is 5.73 Å². The first-order valence-electron chi connectivity index (χ1n) is 5.98. The normalized spacial score (nSPS) is 10.2. The molecule has 0 radical (unpaired) electrons. The number of hydrogen-bond acceptors (Lipinski definition) is 2. The molecule has 0 aromatic heterocycles. The maximum atomic E-state index is 11.6. The average molecular weight is 346 g/mol. The third-order valence-corrected chi connectivity index (χ3v) is 3.21. The van der Waals surface area contributed by atoms with E-state index in [1.54, 1.807) is 0 Å². The van der Waals surface area contributed by atoms with Crippen molar-refractivity contribution in [2.75, 3.05) is 11.9 Å². The molecule has 17 heavy (non-hydrogen) atoms. The molecule has 0 saturated heterocycles. The number of amides is 1. The molecule has 3 nitrogen and oxygen atoms in total. The number of hydrogen-bond donors (Lipinski definition) is 2. The molecule has 1 rings (SSSR count). The first kappa shape index (κ1) is 14.4. The maximum absolute atomic E-state index is 11.6. The molecule has 0 atom stereocenters. The van der Waals surface area contributed by atoms with Gasteiger partial charge in [0, 0.05) is 15.7 Å². The van der Waals surface area contributed by atoms with Crippen LogP contribution in [0.2, 0.25) is 0 Å². The molecule has 0 unspecified atom stereocenters. The van der Waals surface area contributed by atoms with Crippen LogP contribution in [0.1, 0.15) is 32.1 Å². The summed E-state index contributed by atoms with van der Waals surface area (Å²) in [6, 6.07) is 7.82. The summed E-state index contributed by atoms with van der Waals surface area (Å²) in [5.74, 6) is 0.0963. The van der Waals surface area contributed by atoms with E-state index in [9.17, 15) is 4.79 Å². The molecule has 0 aliphatic carbocycles. The van der Waals surface area contributed by atoms with Crippen LogP contribution in [0.3, 0.4) is 0 Å². The Hall–Kier alpha value is -0.620. The van der Waals surface area contributed by atoms with Crippen LogP contribution in [0.4, 0.5) is 5.69 Å². The van der Waals surface area contributed by atoms with Crippen molar-refractivity contribution in [2.45, 2.75) is 32.1 Å². The second kappa shape index (κ2) is 8.47. The Morgan fingerprint density at radius 3 is 2.41 bits per heavy atom. The van der Waals surface area contributed by atoms with Gasteiger partial charge in [-0.25, -0.2) is 0 Å². The van der Waals surface area contributed by atoms with E-state index >= 15 is 0 Å². The van der Waals surface area contributed by atoms with Gasteiger partial charge in [-0.2, -0.15) is 0 Å². The second-order valence-electron chi connectivity index (χ2n) is 4.01. The number of rotatable bonds is 7. The lowest BCUT2D eigenvalue weighted by atomic mass is 10.1. The monoisotopic (exact) mass is 346 g/mol. The van der Waals surface area contributed by atoms with E-state index in [2.05, 4.69) is 27.9 Å². The molecular formula is C13H19IN2O. The van der Waals surface area contributed by atoms with Crippen molar-refractivity contribution < 1.29 is 4.79 Å². The van der Waals surface area contributed by atoms with Crippen LogP contribution < -0.4 is 11.1 Å². The second-order valence-corrected chi connectivity index (χ2v) is 5.25. The predicted molar refractivity (Wildman–Crippen MR) is 79.9 cm³/mol. The van der Waals surface area contributed by atoms with E-state index in [4.69, 9.17) is 5.73 Å². The van der Waals surface area contributed by atoms with Crippen molar-refractivity contribution in [3.63, 3.8) is 0 Å². The van der Waals surface area contributed by atoms with Gasteiger partial charge in [-0.15, -0.1) is 0 Å². The Kier molecular flexibility index (Phi) is 7.19. The lowest BCUT2D eigenvalue weighted by Crippen LogP contribution is -2.11. The Labute approximate surface area is 116 Å². The van der Waals surface area contributed by atoms with E-state index in [1.807, 2.05) is 24.3 Å². The number of anilines is 1. The molecule has 0 aliphatic rings. The van der Waals surface area contributed by atoms with Gasteiger partial charge in [0.25, 0.3) is 0 Å². The van der Waals surface area contributed by atoms with Gasteiger partial charge >= 0.3 is 0 Å². The van der Waals surface area contributed by atoms with E-state index in [0.29, 0.717) is 6.42 Å². The molecule has 94 valence electrons. The molecule has 3 N–H and O–H groups in total. The van der Waals surface area contributed by atoms with E-state index < -0.39 is 0 Å². The summed E-state index contributed by atoms with van der Waals surface area (Å²) in [5, 5.41) is 2.89. The number of unbranched alkanes of at least 4 members (excludes halogenated alkanes) is 3. The highest BCUT2D eigenvalue weighted by Gasteiger charge is 2.01. The SMILES string of the molecule is NCCCCCCC(=O)Nc1ccc(I)cc1. The van der Waals surface area contributed by atoms with E-state index in [1.165, 1.54) is 3.57 Å². The minimum Gasteiger partial charge on any atom is -0.330 e. The smallest absolute Gasteiger partial charge is 0.224 e. The molecule has 0 heterocycles. The molecule has 0 saturated carbocycles. The maximum Gasteiger partial charge on any atom is 0.224 e. The van der Waals surface area contributed by atoms with Gasteiger partial charge < -0.3 is 11.1 Å². The highest BCUT2D eigenvalue weighted by molar-refractivity contribution is 14.1. The van der Waals surface area contributed by atoms with Gasteiger partial charge in [0.2, 0.25) is 5.91 Å². The standard InChI is InChI=1S/C13H19IN2O/c14-11-6-8-12(9-7-11)16-13(17)5-3-1-2-4-10-15/h6-9H,1-5,10,15H2,(H,16,17). The molecule has 0 aliphatic heterocycles. The van der Waals surface area contributed by atoms with Crippen molar-refractivity contribution >= 4 is 34.2 Å². The summed E-state index contributed by atoms with van der Waals surface area (Å²) in [6.45, 7) is 0.745. The molecule has 0 spiro atoms. The zero-order valence-electron chi connectivity index (χ0n) is 9.92. The van der Waals surface area contributed by atoms with Gasteiger partial charge in [-0.3, -0.25) is 4.79 Å². The van der Waals surface area contributed by atoms with E-state index in [-0.39, 0.29) is 5.91 Å². The fourth-order valence-corrected chi connectivity index (χ4v) is 1.90.